The van der Waals surface area contributed by atoms with E-state index >= 15 is 0 Å². The normalized spacial score (nSPS) is 10.6. The summed E-state index contributed by atoms with van der Waals surface area (Å²) in [5, 5.41) is 9.39. The first-order valence-electron chi connectivity index (χ1n) is 9.30. The molecule has 0 radical (unpaired) electrons. The molecule has 0 aliphatic rings. The van der Waals surface area contributed by atoms with Gasteiger partial charge in [0.15, 0.2) is 0 Å². The SMILES string of the molecule is O=C(O)CCCCCOc1cc(-c2ccc(Cl)cc2)cc(-c2ccccc2)n1. The van der Waals surface area contributed by atoms with Gasteiger partial charge < -0.3 is 9.84 Å². The molecule has 4 nitrogen and oxygen atoms in total. The third-order valence-electron chi connectivity index (χ3n) is 4.33. The van der Waals surface area contributed by atoms with Gasteiger partial charge in [-0.25, -0.2) is 4.98 Å². The number of carboxylic acids is 1. The average Bonchev–Trinajstić information content (AvgIpc) is 2.71. The van der Waals surface area contributed by atoms with Crippen LogP contribution in [0, 0.1) is 0 Å². The smallest absolute Gasteiger partial charge is 0.303 e. The lowest BCUT2D eigenvalue weighted by Gasteiger charge is -2.11. The number of pyridine rings is 1. The van der Waals surface area contributed by atoms with E-state index in [4.69, 9.17) is 21.4 Å². The van der Waals surface area contributed by atoms with Crippen LogP contribution in [0.5, 0.6) is 5.88 Å². The zero-order chi connectivity index (χ0) is 19.8. The van der Waals surface area contributed by atoms with Crippen molar-refractivity contribution in [2.45, 2.75) is 25.7 Å². The van der Waals surface area contributed by atoms with Crippen LogP contribution in [0.1, 0.15) is 25.7 Å². The van der Waals surface area contributed by atoms with E-state index in [1.807, 2.05) is 66.7 Å². The van der Waals surface area contributed by atoms with Crippen molar-refractivity contribution in [2.75, 3.05) is 6.61 Å². The fourth-order valence-electron chi connectivity index (χ4n) is 2.88. The van der Waals surface area contributed by atoms with E-state index in [0.717, 1.165) is 35.2 Å². The molecule has 1 heterocycles. The third-order valence-corrected chi connectivity index (χ3v) is 4.59. The van der Waals surface area contributed by atoms with Gasteiger partial charge in [-0.05, 0) is 48.6 Å². The molecule has 0 atom stereocenters. The number of hydrogen-bond donors (Lipinski definition) is 1. The van der Waals surface area contributed by atoms with E-state index in [0.29, 0.717) is 23.9 Å². The van der Waals surface area contributed by atoms with Crippen molar-refractivity contribution in [3.8, 4) is 28.3 Å². The Morgan fingerprint density at radius 1 is 0.893 bits per heavy atom. The number of halogens is 1. The summed E-state index contributed by atoms with van der Waals surface area (Å²) >= 11 is 6.01. The van der Waals surface area contributed by atoms with Gasteiger partial charge in [-0.1, -0.05) is 54.1 Å². The van der Waals surface area contributed by atoms with Crippen LogP contribution >= 0.6 is 11.6 Å². The van der Waals surface area contributed by atoms with Crippen molar-refractivity contribution >= 4 is 17.6 Å². The summed E-state index contributed by atoms with van der Waals surface area (Å²) in [6.45, 7) is 0.505. The standard InChI is InChI=1S/C23H22ClNO3/c24-20-12-10-17(11-13-20)19-15-21(18-7-3-1-4-8-18)25-22(16-19)28-14-6-2-5-9-23(26)27/h1,3-4,7-8,10-13,15-16H,2,5-6,9,14H2,(H,26,27). The maximum atomic E-state index is 10.6. The zero-order valence-electron chi connectivity index (χ0n) is 15.5. The molecule has 28 heavy (non-hydrogen) atoms. The number of aromatic nitrogens is 1. The minimum absolute atomic E-state index is 0.197. The second-order valence-corrected chi connectivity index (χ2v) is 6.94. The van der Waals surface area contributed by atoms with Crippen molar-refractivity contribution in [3.05, 3.63) is 71.8 Å². The number of nitrogens with zero attached hydrogens (tertiary/aromatic N) is 1. The van der Waals surface area contributed by atoms with Crippen LogP contribution < -0.4 is 4.74 Å². The highest BCUT2D eigenvalue weighted by molar-refractivity contribution is 6.30. The maximum absolute atomic E-state index is 10.6. The van der Waals surface area contributed by atoms with Gasteiger partial charge in [0.1, 0.15) is 0 Å². The van der Waals surface area contributed by atoms with Crippen LogP contribution in [0.15, 0.2) is 66.7 Å². The molecule has 0 aliphatic heterocycles. The molecular weight excluding hydrogens is 374 g/mol. The molecule has 0 aliphatic carbocycles. The number of unbranched alkanes of at least 4 members (excludes halogenated alkanes) is 2. The van der Waals surface area contributed by atoms with E-state index in [9.17, 15) is 4.79 Å². The Hall–Kier alpha value is -2.85. The fourth-order valence-corrected chi connectivity index (χ4v) is 3.00. The Morgan fingerprint density at radius 2 is 1.64 bits per heavy atom. The van der Waals surface area contributed by atoms with Gasteiger partial charge in [0, 0.05) is 23.1 Å². The third kappa shape index (κ3) is 5.83. The molecule has 0 saturated carbocycles. The molecule has 144 valence electrons. The molecule has 3 aromatic rings. The molecule has 0 fully saturated rings. The molecule has 0 unspecified atom stereocenters. The predicted octanol–water partition coefficient (Wildman–Crippen LogP) is 6.09. The molecule has 3 rings (SSSR count). The minimum Gasteiger partial charge on any atom is -0.481 e. The summed E-state index contributed by atoms with van der Waals surface area (Å²) in [6.07, 6.45) is 2.46. The number of carbonyl (C=O) groups is 1. The Labute approximate surface area is 169 Å². The summed E-state index contributed by atoms with van der Waals surface area (Å²) in [5.74, 6) is -0.199. The van der Waals surface area contributed by atoms with Crippen molar-refractivity contribution in [1.82, 2.24) is 4.98 Å². The lowest BCUT2D eigenvalue weighted by atomic mass is 10.0. The highest BCUT2D eigenvalue weighted by atomic mass is 35.5. The second-order valence-electron chi connectivity index (χ2n) is 6.51. The number of ether oxygens (including phenoxy) is 1. The molecular formula is C23H22ClNO3. The van der Waals surface area contributed by atoms with Crippen LogP contribution in [0.4, 0.5) is 0 Å². The Balaban J connectivity index is 1.77. The number of aliphatic carboxylic acids is 1. The first-order chi connectivity index (χ1) is 13.6. The largest absolute Gasteiger partial charge is 0.481 e. The summed E-state index contributed by atoms with van der Waals surface area (Å²) in [7, 11) is 0. The Kier molecular flexibility index (Phi) is 7.04. The summed E-state index contributed by atoms with van der Waals surface area (Å²) < 4.78 is 5.88. The van der Waals surface area contributed by atoms with E-state index in [1.165, 1.54) is 0 Å². The van der Waals surface area contributed by atoms with E-state index in [2.05, 4.69) is 4.98 Å². The molecule has 0 bridgehead atoms. The van der Waals surface area contributed by atoms with Crippen molar-refractivity contribution < 1.29 is 14.6 Å². The lowest BCUT2D eigenvalue weighted by Crippen LogP contribution is -2.01. The lowest BCUT2D eigenvalue weighted by molar-refractivity contribution is -0.137. The van der Waals surface area contributed by atoms with Crippen LogP contribution in [0.2, 0.25) is 5.02 Å². The quantitative estimate of drug-likeness (QED) is 0.445. The van der Waals surface area contributed by atoms with Crippen LogP contribution in [0.25, 0.3) is 22.4 Å². The summed E-state index contributed by atoms with van der Waals surface area (Å²) in [5.41, 5.74) is 3.90. The highest BCUT2D eigenvalue weighted by Crippen LogP contribution is 2.29. The molecule has 1 aromatic heterocycles. The molecule has 2 aromatic carbocycles. The van der Waals surface area contributed by atoms with Crippen molar-refractivity contribution in [3.63, 3.8) is 0 Å². The monoisotopic (exact) mass is 395 g/mol. The molecule has 0 spiro atoms. The van der Waals surface area contributed by atoms with Gasteiger partial charge in [-0.15, -0.1) is 0 Å². The van der Waals surface area contributed by atoms with Crippen LogP contribution in [0.3, 0.4) is 0 Å². The maximum Gasteiger partial charge on any atom is 0.303 e. The summed E-state index contributed by atoms with van der Waals surface area (Å²) in [4.78, 5) is 15.2. The van der Waals surface area contributed by atoms with Gasteiger partial charge in [0.25, 0.3) is 0 Å². The first kappa shape index (κ1) is 19.9. The van der Waals surface area contributed by atoms with Crippen LogP contribution in [-0.4, -0.2) is 22.7 Å². The molecule has 0 amide bonds. The van der Waals surface area contributed by atoms with Gasteiger partial charge in [-0.3, -0.25) is 4.79 Å². The topological polar surface area (TPSA) is 59.4 Å². The van der Waals surface area contributed by atoms with E-state index in [1.54, 1.807) is 0 Å². The number of benzene rings is 2. The van der Waals surface area contributed by atoms with E-state index in [-0.39, 0.29) is 6.42 Å². The van der Waals surface area contributed by atoms with Crippen molar-refractivity contribution in [1.29, 1.82) is 0 Å². The van der Waals surface area contributed by atoms with Crippen LogP contribution in [-0.2, 0) is 4.79 Å². The zero-order valence-corrected chi connectivity index (χ0v) is 16.2. The first-order valence-corrected chi connectivity index (χ1v) is 9.67. The number of carboxylic acid groups (broad SMARTS) is 1. The Bertz CT molecular complexity index is 911. The van der Waals surface area contributed by atoms with Gasteiger partial charge in [0.2, 0.25) is 5.88 Å². The van der Waals surface area contributed by atoms with Gasteiger partial charge in [0.05, 0.1) is 12.3 Å². The number of hydrogen-bond acceptors (Lipinski definition) is 3. The van der Waals surface area contributed by atoms with Gasteiger partial charge in [-0.2, -0.15) is 0 Å². The predicted molar refractivity (Wildman–Crippen MR) is 112 cm³/mol. The minimum atomic E-state index is -0.759. The van der Waals surface area contributed by atoms with Gasteiger partial charge >= 0.3 is 5.97 Å². The van der Waals surface area contributed by atoms with E-state index < -0.39 is 5.97 Å². The second kappa shape index (κ2) is 9.90. The fraction of sp³-hybridized carbons (Fsp3) is 0.217. The highest BCUT2D eigenvalue weighted by Gasteiger charge is 2.08. The number of rotatable bonds is 9. The Morgan fingerprint density at radius 3 is 2.36 bits per heavy atom. The van der Waals surface area contributed by atoms with Crippen molar-refractivity contribution in [2.24, 2.45) is 0 Å². The summed E-state index contributed by atoms with van der Waals surface area (Å²) in [6, 6.07) is 21.6. The molecule has 5 heteroatoms. The molecule has 1 N–H and O–H groups in total. The molecule has 0 saturated heterocycles. The average molecular weight is 396 g/mol.